The van der Waals surface area contributed by atoms with Gasteiger partial charge in [-0.25, -0.2) is 4.79 Å². The van der Waals surface area contributed by atoms with Crippen molar-refractivity contribution in [2.45, 2.75) is 13.3 Å². The molecule has 0 atom stereocenters. The van der Waals surface area contributed by atoms with Crippen LogP contribution >= 0.6 is 0 Å². The van der Waals surface area contributed by atoms with Crippen molar-refractivity contribution in [3.05, 3.63) is 58.4 Å². The van der Waals surface area contributed by atoms with Gasteiger partial charge < -0.3 is 24.5 Å². The average molecular weight is 382 g/mol. The Morgan fingerprint density at radius 2 is 1.79 bits per heavy atom. The van der Waals surface area contributed by atoms with Crippen molar-refractivity contribution in [2.75, 3.05) is 31.4 Å². The van der Waals surface area contributed by atoms with Crippen LogP contribution in [0.2, 0.25) is 0 Å². The Morgan fingerprint density at radius 3 is 2.50 bits per heavy atom. The second-order valence-electron chi connectivity index (χ2n) is 6.09. The van der Waals surface area contributed by atoms with E-state index < -0.39 is 11.5 Å². The van der Waals surface area contributed by atoms with Crippen LogP contribution in [0.5, 0.6) is 11.5 Å². The Balaban J connectivity index is 2.02. The zero-order valence-electron chi connectivity index (χ0n) is 16.0. The van der Waals surface area contributed by atoms with Gasteiger partial charge in [-0.15, -0.1) is 0 Å². The highest BCUT2D eigenvalue weighted by Gasteiger charge is 2.18. The third kappa shape index (κ3) is 3.78. The smallest absolute Gasteiger partial charge is 0.362 e. The summed E-state index contributed by atoms with van der Waals surface area (Å²) in [4.78, 5) is 25.3. The van der Waals surface area contributed by atoms with Crippen LogP contribution in [-0.4, -0.2) is 26.7 Å². The lowest BCUT2D eigenvalue weighted by Gasteiger charge is -2.14. The molecule has 146 valence electrons. The molecule has 7 heteroatoms. The fourth-order valence-corrected chi connectivity index (χ4v) is 2.86. The molecule has 2 aromatic carbocycles. The zero-order chi connectivity index (χ0) is 20.1. The van der Waals surface area contributed by atoms with E-state index in [1.807, 2.05) is 19.1 Å². The molecule has 3 rings (SSSR count). The zero-order valence-corrected chi connectivity index (χ0v) is 16.0. The van der Waals surface area contributed by atoms with Gasteiger partial charge in [0, 0.05) is 17.5 Å². The fraction of sp³-hybridized carbons (Fsp3) is 0.238. The van der Waals surface area contributed by atoms with Crippen molar-refractivity contribution >= 4 is 28.3 Å². The summed E-state index contributed by atoms with van der Waals surface area (Å²) in [7, 11) is 3.01. The van der Waals surface area contributed by atoms with E-state index in [1.54, 1.807) is 30.3 Å². The molecule has 0 aliphatic rings. The van der Waals surface area contributed by atoms with Gasteiger partial charge in [-0.1, -0.05) is 19.1 Å². The van der Waals surface area contributed by atoms with Gasteiger partial charge in [0.15, 0.2) is 17.2 Å². The largest absolute Gasteiger partial charge is 0.493 e. The first-order valence-corrected chi connectivity index (χ1v) is 8.92. The minimum Gasteiger partial charge on any atom is -0.493 e. The molecular formula is C21H22N2O5. The van der Waals surface area contributed by atoms with Crippen molar-refractivity contribution in [3.8, 4) is 11.5 Å². The van der Waals surface area contributed by atoms with Crippen molar-refractivity contribution in [2.24, 2.45) is 0 Å². The molecule has 7 nitrogen and oxygen atoms in total. The minimum atomic E-state index is -0.619. The normalized spacial score (nSPS) is 10.5. The molecule has 0 spiro atoms. The number of benzene rings is 2. The molecule has 0 radical (unpaired) electrons. The van der Waals surface area contributed by atoms with Crippen LogP contribution in [-0.2, 0) is 0 Å². The van der Waals surface area contributed by atoms with Gasteiger partial charge in [0.2, 0.25) is 0 Å². The lowest BCUT2D eigenvalue weighted by molar-refractivity contribution is 0.102. The number of nitrogens with one attached hydrogen (secondary N) is 2. The van der Waals surface area contributed by atoms with Gasteiger partial charge in [0.1, 0.15) is 5.58 Å². The molecule has 0 saturated heterocycles. The van der Waals surface area contributed by atoms with Gasteiger partial charge in [-0.3, -0.25) is 4.79 Å². The summed E-state index contributed by atoms with van der Waals surface area (Å²) >= 11 is 0. The monoisotopic (exact) mass is 382 g/mol. The van der Waals surface area contributed by atoms with E-state index in [9.17, 15) is 9.59 Å². The predicted octanol–water partition coefficient (Wildman–Crippen LogP) is 3.88. The maximum Gasteiger partial charge on any atom is 0.362 e. The third-order valence-electron chi connectivity index (χ3n) is 4.25. The maximum atomic E-state index is 12.8. The summed E-state index contributed by atoms with van der Waals surface area (Å²) in [6.07, 6.45) is 0.859. The van der Waals surface area contributed by atoms with Gasteiger partial charge >= 0.3 is 5.63 Å². The number of methoxy groups -OCH3 is 2. The van der Waals surface area contributed by atoms with Gasteiger partial charge in [-0.05, 0) is 36.8 Å². The molecular weight excluding hydrogens is 360 g/mol. The molecule has 3 aromatic rings. The molecule has 0 unspecified atom stereocenters. The SMILES string of the molecule is CCCNc1c(NC(=O)c2ccc(OC)c(OC)c2)c(=O)oc2ccccc12. The van der Waals surface area contributed by atoms with E-state index in [0.29, 0.717) is 34.9 Å². The highest BCUT2D eigenvalue weighted by atomic mass is 16.5. The van der Waals surface area contributed by atoms with Crippen LogP contribution in [0.15, 0.2) is 51.7 Å². The molecule has 1 amide bonds. The Hall–Kier alpha value is -3.48. The number of rotatable bonds is 7. The number of hydrogen-bond donors (Lipinski definition) is 2. The predicted molar refractivity (Wildman–Crippen MR) is 109 cm³/mol. The summed E-state index contributed by atoms with van der Waals surface area (Å²) < 4.78 is 15.8. The van der Waals surface area contributed by atoms with E-state index >= 15 is 0 Å². The number of hydrogen-bond acceptors (Lipinski definition) is 6. The Bertz CT molecular complexity index is 1060. The second-order valence-corrected chi connectivity index (χ2v) is 6.09. The van der Waals surface area contributed by atoms with E-state index in [0.717, 1.165) is 11.8 Å². The second kappa shape index (κ2) is 8.47. The standard InChI is InChI=1S/C21H22N2O5/c1-4-11-22-18-14-7-5-6-8-15(14)28-21(25)19(18)23-20(24)13-9-10-16(26-2)17(12-13)27-3/h5-10,12,22H,4,11H2,1-3H3,(H,23,24). The van der Waals surface area contributed by atoms with Crippen LogP contribution < -0.4 is 25.7 Å². The number of carbonyl (C=O) groups excluding carboxylic acids is 1. The van der Waals surface area contributed by atoms with Crippen molar-refractivity contribution in [1.29, 1.82) is 0 Å². The van der Waals surface area contributed by atoms with Gasteiger partial charge in [0.25, 0.3) is 5.91 Å². The molecule has 2 N–H and O–H groups in total. The number of anilines is 2. The van der Waals surface area contributed by atoms with Crippen LogP contribution in [0.1, 0.15) is 23.7 Å². The summed E-state index contributed by atoms with van der Waals surface area (Å²) in [5, 5.41) is 6.63. The summed E-state index contributed by atoms with van der Waals surface area (Å²) in [5.41, 5.74) is 0.780. The molecule has 0 fully saturated rings. The van der Waals surface area contributed by atoms with Gasteiger partial charge in [0.05, 0.1) is 19.9 Å². The van der Waals surface area contributed by atoms with Crippen molar-refractivity contribution in [3.63, 3.8) is 0 Å². The van der Waals surface area contributed by atoms with Crippen LogP contribution in [0.4, 0.5) is 11.4 Å². The topological polar surface area (TPSA) is 89.8 Å². The van der Waals surface area contributed by atoms with Crippen molar-refractivity contribution < 1.29 is 18.7 Å². The molecule has 28 heavy (non-hydrogen) atoms. The summed E-state index contributed by atoms with van der Waals surface area (Å²) in [6.45, 7) is 2.66. The van der Waals surface area contributed by atoms with Gasteiger partial charge in [-0.2, -0.15) is 0 Å². The first kappa shape index (κ1) is 19.3. The molecule has 1 heterocycles. The molecule has 0 saturated carbocycles. The highest BCUT2D eigenvalue weighted by molar-refractivity contribution is 6.08. The van der Waals surface area contributed by atoms with E-state index in [2.05, 4.69) is 10.6 Å². The van der Waals surface area contributed by atoms with Crippen LogP contribution in [0.25, 0.3) is 11.0 Å². The van der Waals surface area contributed by atoms with Crippen LogP contribution in [0.3, 0.4) is 0 Å². The molecule has 0 aliphatic carbocycles. The first-order valence-electron chi connectivity index (χ1n) is 8.92. The minimum absolute atomic E-state index is 0.0759. The Morgan fingerprint density at radius 1 is 1.04 bits per heavy atom. The summed E-state index contributed by atoms with van der Waals surface area (Å²) in [5.74, 6) is 0.475. The number of carbonyl (C=O) groups is 1. The highest BCUT2D eigenvalue weighted by Crippen LogP contribution is 2.30. The Labute approximate surface area is 162 Å². The third-order valence-corrected chi connectivity index (χ3v) is 4.25. The number of amides is 1. The van der Waals surface area contributed by atoms with E-state index in [-0.39, 0.29) is 5.69 Å². The lowest BCUT2D eigenvalue weighted by Crippen LogP contribution is -2.20. The average Bonchev–Trinajstić information content (AvgIpc) is 2.72. The number of fused-ring (bicyclic) bond motifs is 1. The summed E-state index contributed by atoms with van der Waals surface area (Å²) in [6, 6.07) is 12.0. The Kier molecular flexibility index (Phi) is 5.84. The lowest BCUT2D eigenvalue weighted by atomic mass is 10.1. The molecule has 0 aliphatic heterocycles. The molecule has 1 aromatic heterocycles. The quantitative estimate of drug-likeness (QED) is 0.603. The maximum absolute atomic E-state index is 12.8. The van der Waals surface area contributed by atoms with Crippen molar-refractivity contribution in [1.82, 2.24) is 0 Å². The number of para-hydroxylation sites is 1. The van der Waals surface area contributed by atoms with E-state index in [1.165, 1.54) is 14.2 Å². The first-order chi connectivity index (χ1) is 13.6. The number of ether oxygens (including phenoxy) is 2. The molecule has 0 bridgehead atoms. The van der Waals surface area contributed by atoms with E-state index in [4.69, 9.17) is 13.9 Å². The van der Waals surface area contributed by atoms with Crippen LogP contribution in [0, 0.1) is 0 Å². The fourth-order valence-electron chi connectivity index (χ4n) is 2.86.